The Hall–Kier alpha value is -1.45. The van der Waals surface area contributed by atoms with Crippen molar-refractivity contribution in [3.05, 3.63) is 12.7 Å². The summed E-state index contributed by atoms with van der Waals surface area (Å²) in [6, 6.07) is 0. The van der Waals surface area contributed by atoms with Crippen molar-refractivity contribution in [2.75, 3.05) is 6.61 Å². The second-order valence-electron chi connectivity index (χ2n) is 5.04. The van der Waals surface area contributed by atoms with E-state index in [0.29, 0.717) is 0 Å². The molecule has 9 heteroatoms. The molecule has 3 saturated heterocycles. The molecule has 0 N–H and O–H groups in total. The summed E-state index contributed by atoms with van der Waals surface area (Å²) in [5, 5.41) is -0.656. The fourth-order valence-corrected chi connectivity index (χ4v) is 4.52. The lowest BCUT2D eigenvalue weighted by Crippen LogP contribution is -2.41. The molecule has 0 spiro atoms. The van der Waals surface area contributed by atoms with Crippen molar-refractivity contribution < 1.29 is 36.4 Å². The molecule has 3 rings (SSSR count). The highest BCUT2D eigenvalue weighted by Gasteiger charge is 2.67. The molecule has 0 aromatic rings. The lowest BCUT2D eigenvalue weighted by atomic mass is 9.94. The fraction of sp³-hybridized carbons (Fsp3) is 0.667. The van der Waals surface area contributed by atoms with Crippen LogP contribution in [-0.4, -0.2) is 56.6 Å². The van der Waals surface area contributed by atoms with Crippen LogP contribution in [0.4, 0.5) is 0 Å². The third-order valence-corrected chi connectivity index (χ3v) is 5.47. The number of rotatable bonds is 5. The minimum atomic E-state index is -3.63. The number of esters is 2. The molecule has 0 radical (unpaired) electrons. The smallest absolute Gasteiger partial charge is 0.330 e. The van der Waals surface area contributed by atoms with Crippen molar-refractivity contribution in [3.8, 4) is 0 Å². The molecule has 8 nitrogen and oxygen atoms in total. The summed E-state index contributed by atoms with van der Waals surface area (Å²) in [6.07, 6.45) is -1.38. The summed E-state index contributed by atoms with van der Waals surface area (Å²) in [7, 11) is -3.63. The first-order chi connectivity index (χ1) is 9.92. The Labute approximate surface area is 121 Å². The van der Waals surface area contributed by atoms with Crippen LogP contribution in [0.5, 0.6) is 0 Å². The van der Waals surface area contributed by atoms with E-state index in [1.807, 2.05) is 0 Å². The first-order valence-electron chi connectivity index (χ1n) is 6.48. The maximum absolute atomic E-state index is 11.7. The maximum atomic E-state index is 11.7. The van der Waals surface area contributed by atoms with Gasteiger partial charge in [0.1, 0.15) is 24.1 Å². The van der Waals surface area contributed by atoms with E-state index in [1.165, 1.54) is 0 Å². The van der Waals surface area contributed by atoms with Gasteiger partial charge >= 0.3 is 11.9 Å². The van der Waals surface area contributed by atoms with Crippen LogP contribution in [-0.2, 0) is 38.1 Å². The van der Waals surface area contributed by atoms with Gasteiger partial charge in [0.25, 0.3) is 10.1 Å². The zero-order valence-corrected chi connectivity index (χ0v) is 11.8. The Balaban J connectivity index is 1.54. The summed E-state index contributed by atoms with van der Waals surface area (Å²) >= 11 is 0. The van der Waals surface area contributed by atoms with Gasteiger partial charge in [0.05, 0.1) is 12.5 Å². The minimum absolute atomic E-state index is 0.127. The van der Waals surface area contributed by atoms with Gasteiger partial charge in [0.15, 0.2) is 6.10 Å². The highest BCUT2D eigenvalue weighted by Crippen LogP contribution is 2.47. The predicted molar refractivity (Wildman–Crippen MR) is 66.5 cm³/mol. The van der Waals surface area contributed by atoms with Crippen LogP contribution in [0.3, 0.4) is 0 Å². The Morgan fingerprint density at radius 3 is 2.81 bits per heavy atom. The van der Waals surface area contributed by atoms with Crippen LogP contribution in [0.1, 0.15) is 12.8 Å². The molecule has 0 aliphatic carbocycles. The van der Waals surface area contributed by atoms with Gasteiger partial charge in [-0.15, -0.1) is 0 Å². The quantitative estimate of drug-likeness (QED) is 0.372. The van der Waals surface area contributed by atoms with Gasteiger partial charge in [0.2, 0.25) is 0 Å². The van der Waals surface area contributed by atoms with Gasteiger partial charge in [-0.05, 0) is 6.42 Å². The standard InChI is InChI=1S/C12H14O8S/c1-2-8(13)17-4-3-9(14)19-10-6-5-7-11(18-6)12(10)20-21(7,15)16/h2,6-7,10-12H,1,3-5H2. The Morgan fingerprint density at radius 1 is 1.33 bits per heavy atom. The number of hydrogen-bond acceptors (Lipinski definition) is 8. The second kappa shape index (κ2) is 5.08. The Bertz CT molecular complexity index is 582. The van der Waals surface area contributed by atoms with Gasteiger partial charge in [0, 0.05) is 6.08 Å². The summed E-state index contributed by atoms with van der Waals surface area (Å²) in [4.78, 5) is 22.5. The summed E-state index contributed by atoms with van der Waals surface area (Å²) < 4.78 is 43.7. The molecule has 116 valence electrons. The van der Waals surface area contributed by atoms with Crippen molar-refractivity contribution in [1.82, 2.24) is 0 Å². The fourth-order valence-electron chi connectivity index (χ4n) is 2.87. The zero-order valence-electron chi connectivity index (χ0n) is 11.0. The van der Waals surface area contributed by atoms with Crippen LogP contribution >= 0.6 is 0 Å². The molecule has 3 aliphatic heterocycles. The molecular weight excluding hydrogens is 304 g/mol. The van der Waals surface area contributed by atoms with E-state index in [0.717, 1.165) is 6.08 Å². The van der Waals surface area contributed by atoms with Crippen LogP contribution in [0, 0.1) is 0 Å². The monoisotopic (exact) mass is 318 g/mol. The third kappa shape index (κ3) is 2.45. The topological polar surface area (TPSA) is 105 Å². The molecule has 2 bridgehead atoms. The maximum Gasteiger partial charge on any atom is 0.330 e. The molecular formula is C12H14O8S. The number of ether oxygens (including phenoxy) is 3. The second-order valence-corrected chi connectivity index (χ2v) is 6.83. The lowest BCUT2D eigenvalue weighted by molar-refractivity contribution is -0.156. The van der Waals surface area contributed by atoms with Crippen LogP contribution < -0.4 is 0 Å². The van der Waals surface area contributed by atoms with Crippen molar-refractivity contribution in [2.45, 2.75) is 42.5 Å². The molecule has 0 saturated carbocycles. The molecule has 0 aromatic carbocycles. The van der Waals surface area contributed by atoms with Gasteiger partial charge in [-0.3, -0.25) is 8.98 Å². The summed E-state index contributed by atoms with van der Waals surface area (Å²) in [5.41, 5.74) is 0. The van der Waals surface area contributed by atoms with Crippen molar-refractivity contribution >= 4 is 22.1 Å². The van der Waals surface area contributed by atoms with E-state index in [9.17, 15) is 18.0 Å². The van der Waals surface area contributed by atoms with Gasteiger partial charge in [-0.1, -0.05) is 6.58 Å². The Kier molecular flexibility index (Phi) is 3.50. The highest BCUT2D eigenvalue weighted by atomic mass is 32.2. The van der Waals surface area contributed by atoms with Gasteiger partial charge in [-0.25, -0.2) is 4.79 Å². The lowest BCUT2D eigenvalue weighted by Gasteiger charge is -2.21. The minimum Gasteiger partial charge on any atom is -0.462 e. The van der Waals surface area contributed by atoms with Crippen LogP contribution in [0.25, 0.3) is 0 Å². The molecule has 0 amide bonds. The van der Waals surface area contributed by atoms with Crippen LogP contribution in [0.15, 0.2) is 12.7 Å². The number of fused-ring (bicyclic) bond motifs is 1. The average molecular weight is 318 g/mol. The Morgan fingerprint density at radius 2 is 2.10 bits per heavy atom. The van der Waals surface area contributed by atoms with Crippen molar-refractivity contribution in [1.29, 1.82) is 0 Å². The summed E-state index contributed by atoms with van der Waals surface area (Å²) in [5.74, 6) is -1.23. The molecule has 0 aromatic heterocycles. The van der Waals surface area contributed by atoms with E-state index < -0.39 is 51.7 Å². The van der Waals surface area contributed by atoms with Gasteiger partial charge < -0.3 is 14.2 Å². The molecule has 5 unspecified atom stereocenters. The van der Waals surface area contributed by atoms with E-state index in [4.69, 9.17) is 13.7 Å². The highest BCUT2D eigenvalue weighted by molar-refractivity contribution is 7.87. The van der Waals surface area contributed by atoms with E-state index in [-0.39, 0.29) is 19.4 Å². The van der Waals surface area contributed by atoms with Crippen molar-refractivity contribution in [3.63, 3.8) is 0 Å². The molecule has 21 heavy (non-hydrogen) atoms. The largest absolute Gasteiger partial charge is 0.462 e. The normalized spacial score (nSPS) is 38.2. The van der Waals surface area contributed by atoms with E-state index in [1.54, 1.807) is 0 Å². The average Bonchev–Trinajstić information content (AvgIpc) is 3.02. The molecule has 3 heterocycles. The number of carbonyl (C=O) groups is 2. The third-order valence-electron chi connectivity index (χ3n) is 3.78. The van der Waals surface area contributed by atoms with E-state index in [2.05, 4.69) is 11.3 Å². The molecule has 5 atom stereocenters. The predicted octanol–water partition coefficient (Wildman–Crippen LogP) is -0.714. The zero-order chi connectivity index (χ0) is 15.2. The SMILES string of the molecule is C=CC(=O)OCCC(=O)OC1C2CC3C(O2)C1OS3(=O)=O. The van der Waals surface area contributed by atoms with Crippen LogP contribution in [0.2, 0.25) is 0 Å². The molecule has 3 aliphatic rings. The van der Waals surface area contributed by atoms with Gasteiger partial charge in [-0.2, -0.15) is 8.42 Å². The number of hydrogen-bond donors (Lipinski definition) is 0. The first-order valence-corrected chi connectivity index (χ1v) is 7.96. The summed E-state index contributed by atoms with van der Waals surface area (Å²) in [6.45, 7) is 3.10. The number of carbonyl (C=O) groups excluding carboxylic acids is 2. The van der Waals surface area contributed by atoms with E-state index >= 15 is 0 Å². The molecule has 3 fully saturated rings. The van der Waals surface area contributed by atoms with Crippen molar-refractivity contribution in [2.24, 2.45) is 0 Å². The first kappa shape index (κ1) is 14.5.